The molecule has 0 N–H and O–H groups in total. The molecule has 1 aromatic rings. The van der Waals surface area contributed by atoms with E-state index in [4.69, 9.17) is 4.74 Å². The Hall–Kier alpha value is -1.36. The third-order valence-corrected chi connectivity index (χ3v) is 4.14. The predicted octanol–water partition coefficient (Wildman–Crippen LogP) is 3.46. The molecule has 0 bridgehead atoms. The lowest BCUT2D eigenvalue weighted by Gasteiger charge is -2.33. The fourth-order valence-corrected chi connectivity index (χ4v) is 2.86. The maximum atomic E-state index is 12.2. The molecular weight excluding hydrogens is 334 g/mol. The van der Waals surface area contributed by atoms with Crippen LogP contribution in [-0.2, 0) is 20.7 Å². The van der Waals surface area contributed by atoms with E-state index in [0.29, 0.717) is 19.4 Å². The van der Waals surface area contributed by atoms with Gasteiger partial charge in [-0.15, -0.1) is 0 Å². The molecule has 4 nitrogen and oxygen atoms in total. The van der Waals surface area contributed by atoms with Crippen molar-refractivity contribution in [2.75, 3.05) is 11.5 Å². The fraction of sp³-hybridized carbons (Fsp3) is 0.500. The zero-order chi connectivity index (χ0) is 15.4. The van der Waals surface area contributed by atoms with Gasteiger partial charge in [-0.05, 0) is 43.5 Å². The van der Waals surface area contributed by atoms with Crippen molar-refractivity contribution in [2.24, 2.45) is 0 Å². The molecular formula is C16H20BrNO3. The average Bonchev–Trinajstić information content (AvgIpc) is 2.47. The fourth-order valence-electron chi connectivity index (χ4n) is 2.45. The summed E-state index contributed by atoms with van der Waals surface area (Å²) in [7, 11) is 0. The highest BCUT2D eigenvalue weighted by atomic mass is 79.9. The number of hydrogen-bond acceptors (Lipinski definition) is 3. The summed E-state index contributed by atoms with van der Waals surface area (Å²) in [4.78, 5) is 25.9. The largest absolute Gasteiger partial charge is 0.464 e. The molecule has 1 unspecified atom stereocenters. The monoisotopic (exact) mass is 353 g/mol. The minimum atomic E-state index is -0.588. The van der Waals surface area contributed by atoms with Crippen molar-refractivity contribution in [3.05, 3.63) is 28.2 Å². The Kier molecular flexibility index (Phi) is 5.39. The van der Waals surface area contributed by atoms with Crippen molar-refractivity contribution in [1.29, 1.82) is 0 Å². The van der Waals surface area contributed by atoms with Crippen LogP contribution in [0.15, 0.2) is 22.7 Å². The number of nitrogens with zero attached hydrogens (tertiary/aromatic N) is 1. The van der Waals surface area contributed by atoms with Crippen molar-refractivity contribution < 1.29 is 14.3 Å². The van der Waals surface area contributed by atoms with E-state index in [-0.39, 0.29) is 11.9 Å². The first-order valence-corrected chi connectivity index (χ1v) is 8.11. The number of rotatable bonds is 5. The van der Waals surface area contributed by atoms with Crippen LogP contribution in [0.3, 0.4) is 0 Å². The van der Waals surface area contributed by atoms with Gasteiger partial charge in [0, 0.05) is 16.6 Å². The second kappa shape index (κ2) is 7.07. The quantitative estimate of drug-likeness (QED) is 0.601. The van der Waals surface area contributed by atoms with Gasteiger partial charge in [0.15, 0.2) is 0 Å². The first kappa shape index (κ1) is 16.0. The maximum absolute atomic E-state index is 12.2. The number of anilines is 1. The van der Waals surface area contributed by atoms with Crippen LogP contribution in [0.5, 0.6) is 0 Å². The topological polar surface area (TPSA) is 46.6 Å². The summed E-state index contributed by atoms with van der Waals surface area (Å²) in [6.07, 6.45) is 2.95. The van der Waals surface area contributed by atoms with Gasteiger partial charge >= 0.3 is 5.97 Å². The number of esters is 1. The van der Waals surface area contributed by atoms with Crippen molar-refractivity contribution >= 4 is 33.5 Å². The van der Waals surface area contributed by atoms with Crippen LogP contribution in [0.1, 0.15) is 38.7 Å². The van der Waals surface area contributed by atoms with Gasteiger partial charge in [-0.2, -0.15) is 0 Å². The van der Waals surface area contributed by atoms with E-state index < -0.39 is 6.04 Å². The molecule has 0 aliphatic carbocycles. The normalized spacial score (nSPS) is 15.6. The lowest BCUT2D eigenvalue weighted by atomic mass is 9.99. The second-order valence-electron chi connectivity index (χ2n) is 5.23. The number of aryl methyl sites for hydroxylation is 1. The minimum Gasteiger partial charge on any atom is -0.464 e. The molecule has 5 heteroatoms. The molecule has 0 aromatic heterocycles. The Bertz CT molecular complexity index is 544. The molecule has 1 atom stereocenters. The lowest BCUT2D eigenvalue weighted by Crippen LogP contribution is -2.46. The van der Waals surface area contributed by atoms with Gasteiger partial charge in [0.2, 0.25) is 5.91 Å². The molecule has 0 fully saturated rings. The van der Waals surface area contributed by atoms with Gasteiger partial charge < -0.3 is 4.74 Å². The summed E-state index contributed by atoms with van der Waals surface area (Å²) in [5, 5.41) is 0. The van der Waals surface area contributed by atoms with Gasteiger partial charge in [0.1, 0.15) is 6.04 Å². The van der Waals surface area contributed by atoms with E-state index in [2.05, 4.69) is 15.9 Å². The third kappa shape index (κ3) is 3.64. The van der Waals surface area contributed by atoms with Gasteiger partial charge in [-0.25, -0.2) is 4.79 Å². The summed E-state index contributed by atoms with van der Waals surface area (Å²) in [6.45, 7) is 4.18. The molecule has 0 saturated heterocycles. The molecule has 2 rings (SSSR count). The molecule has 0 spiro atoms. The highest BCUT2D eigenvalue weighted by Crippen LogP contribution is 2.32. The molecule has 21 heavy (non-hydrogen) atoms. The number of benzene rings is 1. The van der Waals surface area contributed by atoms with Crippen LogP contribution in [0.2, 0.25) is 0 Å². The first-order chi connectivity index (χ1) is 10.0. The smallest absolute Gasteiger partial charge is 0.328 e. The maximum Gasteiger partial charge on any atom is 0.328 e. The van der Waals surface area contributed by atoms with Crippen LogP contribution in [-0.4, -0.2) is 24.5 Å². The molecule has 114 valence electrons. The van der Waals surface area contributed by atoms with E-state index in [9.17, 15) is 9.59 Å². The standard InChI is InChI=1S/C16H20BrNO3/c1-3-4-9-21-16(20)11(2)18-14-7-6-13(17)10-12(14)5-8-15(18)19/h6-7,10-11H,3-5,8-9H2,1-2H3. The van der Waals surface area contributed by atoms with E-state index in [1.165, 1.54) is 0 Å². The van der Waals surface area contributed by atoms with Crippen LogP contribution in [0.25, 0.3) is 0 Å². The number of hydrogen-bond donors (Lipinski definition) is 0. The Labute approximate surface area is 133 Å². The van der Waals surface area contributed by atoms with Gasteiger partial charge in [-0.3, -0.25) is 9.69 Å². The summed E-state index contributed by atoms with van der Waals surface area (Å²) in [5.41, 5.74) is 1.89. The Morgan fingerprint density at radius 1 is 1.43 bits per heavy atom. The van der Waals surface area contributed by atoms with Crippen LogP contribution in [0, 0.1) is 0 Å². The molecule has 1 heterocycles. The van der Waals surface area contributed by atoms with Crippen LogP contribution >= 0.6 is 15.9 Å². The summed E-state index contributed by atoms with van der Waals surface area (Å²) in [6, 6.07) is 5.19. The molecule has 0 saturated carbocycles. The van der Waals surface area contributed by atoms with E-state index in [1.807, 2.05) is 25.1 Å². The molecule has 1 amide bonds. The average molecular weight is 354 g/mol. The van der Waals surface area contributed by atoms with Crippen molar-refractivity contribution in [3.63, 3.8) is 0 Å². The van der Waals surface area contributed by atoms with Crippen molar-refractivity contribution in [1.82, 2.24) is 0 Å². The van der Waals surface area contributed by atoms with E-state index >= 15 is 0 Å². The lowest BCUT2D eigenvalue weighted by molar-refractivity contribution is -0.146. The minimum absolute atomic E-state index is 0.0234. The molecule has 1 aromatic carbocycles. The number of halogens is 1. The predicted molar refractivity (Wildman–Crippen MR) is 85.3 cm³/mol. The Balaban J connectivity index is 2.18. The third-order valence-electron chi connectivity index (χ3n) is 3.65. The zero-order valence-electron chi connectivity index (χ0n) is 12.4. The van der Waals surface area contributed by atoms with Crippen molar-refractivity contribution in [3.8, 4) is 0 Å². The Morgan fingerprint density at radius 2 is 2.19 bits per heavy atom. The summed E-state index contributed by atoms with van der Waals surface area (Å²) >= 11 is 3.44. The van der Waals surface area contributed by atoms with E-state index in [0.717, 1.165) is 28.6 Å². The number of unbranched alkanes of at least 4 members (excludes halogenated alkanes) is 1. The highest BCUT2D eigenvalue weighted by Gasteiger charge is 2.32. The highest BCUT2D eigenvalue weighted by molar-refractivity contribution is 9.10. The second-order valence-corrected chi connectivity index (χ2v) is 6.15. The number of fused-ring (bicyclic) bond motifs is 1. The van der Waals surface area contributed by atoms with Gasteiger partial charge in [0.05, 0.1) is 6.61 Å². The van der Waals surface area contributed by atoms with E-state index in [1.54, 1.807) is 11.8 Å². The SMILES string of the molecule is CCCCOC(=O)C(C)N1C(=O)CCc2cc(Br)ccc21. The number of ether oxygens (including phenoxy) is 1. The summed E-state index contributed by atoms with van der Waals surface area (Å²) < 4.78 is 6.22. The van der Waals surface area contributed by atoms with Crippen LogP contribution in [0.4, 0.5) is 5.69 Å². The first-order valence-electron chi connectivity index (χ1n) is 7.31. The number of amides is 1. The number of carbonyl (C=O) groups excluding carboxylic acids is 2. The van der Waals surface area contributed by atoms with Crippen LogP contribution < -0.4 is 4.90 Å². The molecule has 1 aliphatic rings. The zero-order valence-corrected chi connectivity index (χ0v) is 14.0. The summed E-state index contributed by atoms with van der Waals surface area (Å²) in [5.74, 6) is -0.364. The molecule has 0 radical (unpaired) electrons. The van der Waals surface area contributed by atoms with Gasteiger partial charge in [-0.1, -0.05) is 29.3 Å². The number of carbonyl (C=O) groups is 2. The Morgan fingerprint density at radius 3 is 2.90 bits per heavy atom. The van der Waals surface area contributed by atoms with Gasteiger partial charge in [0.25, 0.3) is 0 Å². The van der Waals surface area contributed by atoms with Crippen molar-refractivity contribution in [2.45, 2.75) is 45.6 Å². The molecule has 1 aliphatic heterocycles.